The molecule has 0 saturated heterocycles. The Morgan fingerprint density at radius 1 is 1.18 bits per heavy atom. The predicted molar refractivity (Wildman–Crippen MR) is 73.4 cm³/mol. The molecule has 0 spiro atoms. The fraction of sp³-hybridized carbons (Fsp3) is 0.692. The van der Waals surface area contributed by atoms with Crippen molar-refractivity contribution in [2.75, 3.05) is 24.2 Å². The van der Waals surface area contributed by atoms with Crippen LogP contribution in [0.15, 0.2) is 0 Å². The van der Waals surface area contributed by atoms with Crippen molar-refractivity contribution in [2.45, 2.75) is 46.5 Å². The molecule has 0 fully saturated rings. The van der Waals surface area contributed by atoms with Crippen LogP contribution in [0.2, 0.25) is 0 Å². The van der Waals surface area contributed by atoms with E-state index in [1.54, 1.807) is 0 Å². The van der Waals surface area contributed by atoms with Crippen LogP contribution in [0, 0.1) is 6.92 Å². The van der Waals surface area contributed by atoms with Crippen molar-refractivity contribution < 1.29 is 0 Å². The van der Waals surface area contributed by atoms with Crippen LogP contribution in [0.5, 0.6) is 0 Å². The van der Waals surface area contributed by atoms with Crippen molar-refractivity contribution in [3.8, 4) is 0 Å². The lowest BCUT2D eigenvalue weighted by atomic mass is 10.2. The first-order chi connectivity index (χ1) is 8.10. The van der Waals surface area contributed by atoms with Gasteiger partial charge >= 0.3 is 0 Å². The number of nitrogens with two attached hydrogens (primary N) is 1. The Balaban J connectivity index is 2.84. The van der Waals surface area contributed by atoms with Crippen LogP contribution in [0.25, 0.3) is 0 Å². The molecule has 17 heavy (non-hydrogen) atoms. The molecule has 1 aromatic rings. The summed E-state index contributed by atoms with van der Waals surface area (Å²) < 4.78 is 0. The van der Waals surface area contributed by atoms with Gasteiger partial charge < -0.3 is 10.6 Å². The predicted octanol–water partition coefficient (Wildman–Crippen LogP) is 2.56. The van der Waals surface area contributed by atoms with Gasteiger partial charge in [0.1, 0.15) is 17.5 Å². The van der Waals surface area contributed by atoms with E-state index in [-0.39, 0.29) is 0 Å². The molecule has 96 valence electrons. The van der Waals surface area contributed by atoms with Crippen molar-refractivity contribution in [3.63, 3.8) is 0 Å². The second-order valence-corrected chi connectivity index (χ2v) is 4.46. The summed E-state index contributed by atoms with van der Waals surface area (Å²) in [6.45, 7) is 7.27. The summed E-state index contributed by atoms with van der Waals surface area (Å²) in [6, 6.07) is 0. The van der Waals surface area contributed by atoms with Crippen LogP contribution in [0.4, 0.5) is 11.6 Å². The summed E-state index contributed by atoms with van der Waals surface area (Å²) in [7, 11) is 2.07. The normalized spacial score (nSPS) is 10.6. The first kappa shape index (κ1) is 13.7. The average Bonchev–Trinajstić information content (AvgIpc) is 2.32. The Morgan fingerprint density at radius 2 is 1.88 bits per heavy atom. The maximum Gasteiger partial charge on any atom is 0.137 e. The minimum absolute atomic E-state index is 0.606. The van der Waals surface area contributed by atoms with Crippen molar-refractivity contribution >= 4 is 11.6 Å². The van der Waals surface area contributed by atoms with Crippen LogP contribution in [-0.4, -0.2) is 23.6 Å². The summed E-state index contributed by atoms with van der Waals surface area (Å²) in [5, 5.41) is 0. The van der Waals surface area contributed by atoms with Crippen molar-refractivity contribution in [2.24, 2.45) is 0 Å². The number of anilines is 2. The van der Waals surface area contributed by atoms with Crippen molar-refractivity contribution in [3.05, 3.63) is 11.4 Å². The zero-order valence-corrected chi connectivity index (χ0v) is 11.5. The molecule has 0 atom stereocenters. The molecular weight excluding hydrogens is 212 g/mol. The Labute approximate surface area is 104 Å². The van der Waals surface area contributed by atoms with E-state index >= 15 is 0 Å². The van der Waals surface area contributed by atoms with Crippen molar-refractivity contribution in [1.29, 1.82) is 0 Å². The van der Waals surface area contributed by atoms with Gasteiger partial charge in [-0.25, -0.2) is 9.97 Å². The molecule has 2 N–H and O–H groups in total. The standard InChI is InChI=1S/C13H24N4/c1-5-7-8-9-17(4)13-10(3)12(14)15-11(6-2)16-13/h5-9H2,1-4H3,(H2,14,15,16). The van der Waals surface area contributed by atoms with Crippen LogP contribution in [-0.2, 0) is 6.42 Å². The second-order valence-electron chi connectivity index (χ2n) is 4.46. The Morgan fingerprint density at radius 3 is 2.47 bits per heavy atom. The van der Waals surface area contributed by atoms with E-state index in [9.17, 15) is 0 Å². The number of aryl methyl sites for hydroxylation is 1. The SMILES string of the molecule is CCCCCN(C)c1nc(CC)nc(N)c1C. The van der Waals surface area contributed by atoms with Gasteiger partial charge in [-0.3, -0.25) is 0 Å². The monoisotopic (exact) mass is 236 g/mol. The summed E-state index contributed by atoms with van der Waals surface area (Å²) in [6.07, 6.45) is 4.50. The summed E-state index contributed by atoms with van der Waals surface area (Å²) in [4.78, 5) is 11.0. The highest BCUT2D eigenvalue weighted by molar-refractivity contribution is 5.56. The van der Waals surface area contributed by atoms with Gasteiger partial charge in [0.05, 0.1) is 0 Å². The molecule has 1 rings (SSSR count). The van der Waals surface area contributed by atoms with Gasteiger partial charge in [-0.2, -0.15) is 0 Å². The lowest BCUT2D eigenvalue weighted by Gasteiger charge is -2.21. The van der Waals surface area contributed by atoms with E-state index in [0.29, 0.717) is 5.82 Å². The zero-order chi connectivity index (χ0) is 12.8. The number of aromatic nitrogens is 2. The zero-order valence-electron chi connectivity index (χ0n) is 11.5. The van der Waals surface area contributed by atoms with E-state index in [1.807, 2.05) is 13.8 Å². The highest BCUT2D eigenvalue weighted by Gasteiger charge is 2.11. The largest absolute Gasteiger partial charge is 0.383 e. The smallest absolute Gasteiger partial charge is 0.137 e. The maximum atomic E-state index is 5.91. The third-order valence-corrected chi connectivity index (χ3v) is 2.98. The molecule has 1 aromatic heterocycles. The molecule has 4 nitrogen and oxygen atoms in total. The third-order valence-electron chi connectivity index (χ3n) is 2.98. The highest BCUT2D eigenvalue weighted by Crippen LogP contribution is 2.21. The summed E-state index contributed by atoms with van der Waals surface area (Å²) >= 11 is 0. The Bertz CT molecular complexity index is 363. The van der Waals surface area contributed by atoms with Gasteiger partial charge in [0.25, 0.3) is 0 Å². The maximum absolute atomic E-state index is 5.91. The van der Waals surface area contributed by atoms with Gasteiger partial charge in [0, 0.05) is 25.6 Å². The highest BCUT2D eigenvalue weighted by atomic mass is 15.2. The fourth-order valence-corrected chi connectivity index (χ4v) is 1.80. The summed E-state index contributed by atoms with van der Waals surface area (Å²) in [5.74, 6) is 2.41. The Hall–Kier alpha value is -1.32. The number of rotatable bonds is 6. The number of unbranched alkanes of at least 4 members (excludes halogenated alkanes) is 2. The second kappa shape index (κ2) is 6.42. The fourth-order valence-electron chi connectivity index (χ4n) is 1.80. The average molecular weight is 236 g/mol. The first-order valence-corrected chi connectivity index (χ1v) is 6.44. The molecule has 0 bridgehead atoms. The topological polar surface area (TPSA) is 55.0 Å². The summed E-state index contributed by atoms with van der Waals surface area (Å²) in [5.41, 5.74) is 6.90. The molecular formula is C13H24N4. The van der Waals surface area contributed by atoms with E-state index in [4.69, 9.17) is 5.73 Å². The van der Waals surface area contributed by atoms with Crippen molar-refractivity contribution in [1.82, 2.24) is 9.97 Å². The first-order valence-electron chi connectivity index (χ1n) is 6.44. The molecule has 4 heteroatoms. The van der Waals surface area contributed by atoms with Gasteiger partial charge in [0.2, 0.25) is 0 Å². The minimum atomic E-state index is 0.606. The molecule has 0 aromatic carbocycles. The van der Waals surface area contributed by atoms with E-state index in [2.05, 4.69) is 28.8 Å². The quantitative estimate of drug-likeness (QED) is 0.771. The van der Waals surface area contributed by atoms with Crippen LogP contribution >= 0.6 is 0 Å². The third kappa shape index (κ3) is 3.58. The van der Waals surface area contributed by atoms with Crippen LogP contribution in [0.1, 0.15) is 44.5 Å². The van der Waals surface area contributed by atoms with Gasteiger partial charge in [-0.15, -0.1) is 0 Å². The van der Waals surface area contributed by atoms with Gasteiger partial charge in [0.15, 0.2) is 0 Å². The molecule has 0 amide bonds. The van der Waals surface area contributed by atoms with Crippen LogP contribution < -0.4 is 10.6 Å². The molecule has 0 saturated carbocycles. The lowest BCUT2D eigenvalue weighted by molar-refractivity contribution is 0.698. The number of hydrogen-bond acceptors (Lipinski definition) is 4. The lowest BCUT2D eigenvalue weighted by Crippen LogP contribution is -2.22. The van der Waals surface area contributed by atoms with E-state index < -0.39 is 0 Å². The molecule has 1 heterocycles. The molecule has 0 unspecified atom stereocenters. The van der Waals surface area contributed by atoms with Gasteiger partial charge in [-0.1, -0.05) is 26.7 Å². The van der Waals surface area contributed by atoms with Crippen LogP contribution in [0.3, 0.4) is 0 Å². The molecule has 0 aliphatic rings. The van der Waals surface area contributed by atoms with E-state index in [0.717, 1.165) is 30.2 Å². The number of nitrogen functional groups attached to an aromatic ring is 1. The molecule has 0 radical (unpaired) electrons. The van der Waals surface area contributed by atoms with E-state index in [1.165, 1.54) is 19.3 Å². The Kier molecular flexibility index (Phi) is 5.19. The number of nitrogens with zero attached hydrogens (tertiary/aromatic N) is 3. The minimum Gasteiger partial charge on any atom is -0.383 e. The molecule has 0 aliphatic heterocycles. The number of hydrogen-bond donors (Lipinski definition) is 1. The van der Waals surface area contributed by atoms with Gasteiger partial charge in [-0.05, 0) is 13.3 Å². The molecule has 0 aliphatic carbocycles.